The first kappa shape index (κ1) is 19.0. The van der Waals surface area contributed by atoms with E-state index in [2.05, 4.69) is 39.2 Å². The van der Waals surface area contributed by atoms with Gasteiger partial charge < -0.3 is 14.8 Å². The second-order valence-corrected chi connectivity index (χ2v) is 6.45. The first-order valence-electron chi connectivity index (χ1n) is 9.22. The fourth-order valence-electron chi connectivity index (χ4n) is 3.22. The second kappa shape index (κ2) is 8.30. The molecule has 0 aliphatic heterocycles. The molecule has 0 unspecified atom stereocenters. The number of aromatic amines is 1. The summed E-state index contributed by atoms with van der Waals surface area (Å²) >= 11 is 0. The van der Waals surface area contributed by atoms with E-state index >= 15 is 0 Å². The molecule has 0 aliphatic carbocycles. The number of anilines is 1. The monoisotopic (exact) mass is 372 g/mol. The average molecular weight is 372 g/mol. The molecule has 7 nitrogen and oxygen atoms in total. The minimum atomic E-state index is -0.396. The number of hydrogen-bond acceptors (Lipinski definition) is 5. The predicted molar refractivity (Wildman–Crippen MR) is 105 cm³/mol. The molecule has 0 amide bonds. The maximum Gasteiger partial charge on any atom is 0.279 e. The van der Waals surface area contributed by atoms with Gasteiger partial charge in [0.15, 0.2) is 5.69 Å². The topological polar surface area (TPSA) is 78.8 Å². The lowest BCUT2D eigenvalue weighted by atomic mass is 10.1. The number of nitrogens with zero attached hydrogens (tertiary/aromatic N) is 4. The van der Waals surface area contributed by atoms with Crippen LogP contribution in [0.4, 0.5) is 10.3 Å². The molecule has 3 rings (SSSR count). The maximum absolute atomic E-state index is 14.3. The van der Waals surface area contributed by atoms with Gasteiger partial charge in [0, 0.05) is 30.7 Å². The van der Waals surface area contributed by atoms with Gasteiger partial charge in [0.1, 0.15) is 5.82 Å². The lowest BCUT2D eigenvalue weighted by Crippen LogP contribution is -2.26. The number of benzene rings is 1. The highest BCUT2D eigenvalue weighted by molar-refractivity contribution is 5.95. The Hall–Kier alpha value is -2.74. The summed E-state index contributed by atoms with van der Waals surface area (Å²) in [5, 5.41) is 11.6. The third kappa shape index (κ3) is 4.00. The summed E-state index contributed by atoms with van der Waals surface area (Å²) in [6.07, 6.45) is 2.63. The van der Waals surface area contributed by atoms with Crippen LogP contribution in [0.2, 0.25) is 0 Å². The molecule has 0 radical (unpaired) electrons. The molecule has 0 aliphatic rings. The van der Waals surface area contributed by atoms with Gasteiger partial charge >= 0.3 is 0 Å². The molecule has 3 aromatic rings. The largest absolute Gasteiger partial charge is 0.354 e. The molecule has 0 bridgehead atoms. The Balaban J connectivity index is 1.77. The molecule has 0 saturated heterocycles. The summed E-state index contributed by atoms with van der Waals surface area (Å²) in [5.41, 5.74) is 0.851. The summed E-state index contributed by atoms with van der Waals surface area (Å²) in [5.74, 6) is -0.0630. The summed E-state index contributed by atoms with van der Waals surface area (Å²) in [4.78, 5) is 17.5. The van der Waals surface area contributed by atoms with Crippen molar-refractivity contribution in [3.8, 4) is 11.3 Å². The van der Waals surface area contributed by atoms with E-state index in [-0.39, 0.29) is 11.5 Å². The van der Waals surface area contributed by atoms with Gasteiger partial charge in [-0.3, -0.25) is 9.78 Å². The van der Waals surface area contributed by atoms with E-state index in [9.17, 15) is 9.18 Å². The Morgan fingerprint density at radius 2 is 2.04 bits per heavy atom. The minimum Gasteiger partial charge on any atom is -0.354 e. The van der Waals surface area contributed by atoms with Crippen molar-refractivity contribution >= 4 is 16.9 Å². The molecule has 144 valence electrons. The number of hydrogen-bond donors (Lipinski definition) is 2. The zero-order valence-electron chi connectivity index (χ0n) is 15.9. The van der Waals surface area contributed by atoms with Crippen molar-refractivity contribution in [2.75, 3.05) is 31.5 Å². The average Bonchev–Trinajstić information content (AvgIpc) is 3.00. The molecular formula is C19H25FN6O. The minimum absolute atomic E-state index is 0.111. The quantitative estimate of drug-likeness (QED) is 0.594. The van der Waals surface area contributed by atoms with E-state index < -0.39 is 5.56 Å². The molecule has 0 saturated carbocycles. The fraction of sp³-hybridized carbons (Fsp3) is 0.421. The van der Waals surface area contributed by atoms with Crippen molar-refractivity contribution in [3.63, 3.8) is 0 Å². The zero-order valence-corrected chi connectivity index (χ0v) is 15.9. The molecule has 2 aromatic heterocycles. The fourth-order valence-corrected chi connectivity index (χ4v) is 3.22. The van der Waals surface area contributed by atoms with Crippen molar-refractivity contribution in [1.29, 1.82) is 0 Å². The standard InChI is InChI=1S/C19H25FN6O/c1-4-26(5-2)11-7-10-21-19-22-18(27)17(23-24-19)13-12-25(3)15-9-6-8-14(20)16(13)15/h6,8-9,12H,4-5,7,10-11H2,1-3H3,(H2,21,22,24,27). The smallest absolute Gasteiger partial charge is 0.279 e. The summed E-state index contributed by atoms with van der Waals surface area (Å²) in [6, 6.07) is 4.82. The van der Waals surface area contributed by atoms with Gasteiger partial charge in [-0.05, 0) is 38.2 Å². The van der Waals surface area contributed by atoms with Gasteiger partial charge in [-0.15, -0.1) is 10.2 Å². The number of aromatic nitrogens is 4. The lowest BCUT2D eigenvalue weighted by Gasteiger charge is -2.17. The van der Waals surface area contributed by atoms with Gasteiger partial charge in [0.05, 0.1) is 5.52 Å². The Labute approximate surface area is 157 Å². The highest BCUT2D eigenvalue weighted by Crippen LogP contribution is 2.29. The molecule has 0 fully saturated rings. The maximum atomic E-state index is 14.3. The van der Waals surface area contributed by atoms with Crippen LogP contribution in [-0.4, -0.2) is 50.8 Å². The van der Waals surface area contributed by atoms with Crippen molar-refractivity contribution in [3.05, 3.63) is 40.6 Å². The van der Waals surface area contributed by atoms with Crippen molar-refractivity contribution in [1.82, 2.24) is 24.6 Å². The van der Waals surface area contributed by atoms with Crippen LogP contribution < -0.4 is 10.9 Å². The SMILES string of the molecule is CCN(CC)CCCNc1nnc(-c2cn(C)c3cccc(F)c23)c(=O)[nH]1. The molecule has 8 heteroatoms. The van der Waals surface area contributed by atoms with Crippen LogP contribution in [0, 0.1) is 5.82 Å². The highest BCUT2D eigenvalue weighted by Gasteiger charge is 2.17. The van der Waals surface area contributed by atoms with Crippen LogP contribution >= 0.6 is 0 Å². The molecule has 2 N–H and O–H groups in total. The van der Waals surface area contributed by atoms with Crippen LogP contribution in [0.3, 0.4) is 0 Å². The Morgan fingerprint density at radius 1 is 1.26 bits per heavy atom. The van der Waals surface area contributed by atoms with Crippen molar-refractivity contribution < 1.29 is 4.39 Å². The van der Waals surface area contributed by atoms with E-state index in [1.54, 1.807) is 29.9 Å². The van der Waals surface area contributed by atoms with Crippen LogP contribution in [-0.2, 0) is 7.05 Å². The Kier molecular flexibility index (Phi) is 5.85. The molecule has 2 heterocycles. The number of nitrogens with one attached hydrogen (secondary N) is 2. The van der Waals surface area contributed by atoms with Gasteiger partial charge in [-0.1, -0.05) is 19.9 Å². The van der Waals surface area contributed by atoms with E-state index in [0.29, 0.717) is 29.0 Å². The molecule has 0 atom stereocenters. The molecular weight excluding hydrogens is 347 g/mol. The van der Waals surface area contributed by atoms with Gasteiger partial charge in [-0.25, -0.2) is 4.39 Å². The van der Waals surface area contributed by atoms with Crippen molar-refractivity contribution in [2.24, 2.45) is 7.05 Å². The van der Waals surface area contributed by atoms with Crippen LogP contribution in [0.25, 0.3) is 22.2 Å². The number of fused-ring (bicyclic) bond motifs is 1. The van der Waals surface area contributed by atoms with Gasteiger partial charge in [0.25, 0.3) is 5.56 Å². The Morgan fingerprint density at radius 3 is 2.74 bits per heavy atom. The molecule has 0 spiro atoms. The van der Waals surface area contributed by atoms with Crippen LogP contribution in [0.5, 0.6) is 0 Å². The van der Waals surface area contributed by atoms with Crippen molar-refractivity contribution in [2.45, 2.75) is 20.3 Å². The number of aryl methyl sites for hydroxylation is 1. The van der Waals surface area contributed by atoms with Crippen LogP contribution in [0.1, 0.15) is 20.3 Å². The first-order valence-corrected chi connectivity index (χ1v) is 9.22. The summed E-state index contributed by atoms with van der Waals surface area (Å²) < 4.78 is 16.1. The number of halogens is 1. The third-order valence-electron chi connectivity index (χ3n) is 4.75. The van der Waals surface area contributed by atoms with Gasteiger partial charge in [0.2, 0.25) is 5.95 Å². The molecule has 1 aromatic carbocycles. The van der Waals surface area contributed by atoms with E-state index in [0.717, 1.165) is 26.1 Å². The van der Waals surface area contributed by atoms with E-state index in [1.165, 1.54) is 6.07 Å². The van der Waals surface area contributed by atoms with Gasteiger partial charge in [-0.2, -0.15) is 0 Å². The zero-order chi connectivity index (χ0) is 19.4. The van der Waals surface area contributed by atoms with E-state index in [1.807, 2.05) is 0 Å². The summed E-state index contributed by atoms with van der Waals surface area (Å²) in [6.45, 7) is 7.96. The summed E-state index contributed by atoms with van der Waals surface area (Å²) in [7, 11) is 1.80. The Bertz CT molecular complexity index is 976. The molecule has 27 heavy (non-hydrogen) atoms. The predicted octanol–water partition coefficient (Wildman–Crippen LogP) is 2.61. The van der Waals surface area contributed by atoms with Crippen LogP contribution in [0.15, 0.2) is 29.2 Å². The first-order chi connectivity index (χ1) is 13.0. The third-order valence-corrected chi connectivity index (χ3v) is 4.75. The second-order valence-electron chi connectivity index (χ2n) is 6.45. The van der Waals surface area contributed by atoms with E-state index in [4.69, 9.17) is 0 Å². The number of rotatable bonds is 8. The lowest BCUT2D eigenvalue weighted by molar-refractivity contribution is 0.303. The number of H-pyrrole nitrogens is 1. The normalized spacial score (nSPS) is 11.4. The highest BCUT2D eigenvalue weighted by atomic mass is 19.1.